The highest BCUT2D eigenvalue weighted by atomic mass is 35.5. The average molecular weight is 279 g/mol. The van der Waals surface area contributed by atoms with E-state index in [2.05, 4.69) is 5.32 Å². The van der Waals surface area contributed by atoms with E-state index >= 15 is 0 Å². The van der Waals surface area contributed by atoms with Crippen LogP contribution in [0.1, 0.15) is 15.9 Å². The fourth-order valence-corrected chi connectivity index (χ4v) is 1.68. The second-order valence-electron chi connectivity index (χ2n) is 4.15. The second-order valence-corrected chi connectivity index (χ2v) is 4.56. The van der Waals surface area contributed by atoms with Crippen LogP contribution in [0.3, 0.4) is 0 Å². The van der Waals surface area contributed by atoms with Crippen LogP contribution in [0.25, 0.3) is 0 Å². The molecule has 98 valence electrons. The minimum absolute atomic E-state index is 0.247. The van der Waals surface area contributed by atoms with Crippen molar-refractivity contribution in [3.63, 3.8) is 0 Å². The Morgan fingerprint density at radius 2 is 2.00 bits per heavy atom. The maximum Gasteiger partial charge on any atom is 0.255 e. The Labute approximate surface area is 115 Å². The van der Waals surface area contributed by atoms with Crippen LogP contribution in [0.5, 0.6) is 0 Å². The van der Waals surface area contributed by atoms with Crippen LogP contribution in [-0.2, 0) is 0 Å². The molecule has 0 radical (unpaired) electrons. The van der Waals surface area contributed by atoms with Gasteiger partial charge in [-0.15, -0.1) is 0 Å². The van der Waals surface area contributed by atoms with E-state index in [4.69, 9.17) is 17.3 Å². The van der Waals surface area contributed by atoms with E-state index in [-0.39, 0.29) is 5.56 Å². The third-order valence-electron chi connectivity index (χ3n) is 2.69. The number of halogens is 2. The van der Waals surface area contributed by atoms with Gasteiger partial charge >= 0.3 is 0 Å². The predicted molar refractivity (Wildman–Crippen MR) is 75.0 cm³/mol. The maximum atomic E-state index is 13.4. The first-order valence-corrected chi connectivity index (χ1v) is 5.97. The minimum atomic E-state index is -0.414. The van der Waals surface area contributed by atoms with Crippen LogP contribution in [0.2, 0.25) is 5.02 Å². The summed E-state index contributed by atoms with van der Waals surface area (Å²) >= 11 is 5.79. The topological polar surface area (TPSA) is 55.1 Å². The summed E-state index contributed by atoms with van der Waals surface area (Å²) in [6, 6.07) is 9.07. The van der Waals surface area contributed by atoms with Crippen LogP contribution in [0.4, 0.5) is 15.8 Å². The number of nitrogen functional groups attached to an aromatic ring is 1. The zero-order chi connectivity index (χ0) is 14.0. The van der Waals surface area contributed by atoms with Crippen molar-refractivity contribution in [1.82, 2.24) is 0 Å². The van der Waals surface area contributed by atoms with Crippen LogP contribution in [-0.4, -0.2) is 5.91 Å². The minimum Gasteiger partial charge on any atom is -0.397 e. The summed E-state index contributed by atoms with van der Waals surface area (Å²) in [5.41, 5.74) is 7.25. The van der Waals surface area contributed by atoms with Crippen molar-refractivity contribution in [2.24, 2.45) is 0 Å². The van der Waals surface area contributed by atoms with Gasteiger partial charge < -0.3 is 11.1 Å². The Morgan fingerprint density at radius 1 is 1.26 bits per heavy atom. The SMILES string of the molecule is Cc1ccc(C(=O)Nc2ccc(Cl)c(N)c2)cc1F. The van der Waals surface area contributed by atoms with Crippen LogP contribution in [0, 0.1) is 12.7 Å². The van der Waals surface area contributed by atoms with Gasteiger partial charge in [0, 0.05) is 11.3 Å². The molecule has 0 aliphatic carbocycles. The number of benzene rings is 2. The molecule has 0 bridgehead atoms. The number of rotatable bonds is 2. The molecule has 0 aliphatic rings. The molecule has 0 unspecified atom stereocenters. The van der Waals surface area contributed by atoms with Crippen LogP contribution < -0.4 is 11.1 Å². The Hall–Kier alpha value is -2.07. The first kappa shape index (κ1) is 13.4. The monoisotopic (exact) mass is 278 g/mol. The summed E-state index contributed by atoms with van der Waals surface area (Å²) in [6.45, 7) is 1.64. The third kappa shape index (κ3) is 3.03. The van der Waals surface area contributed by atoms with Gasteiger partial charge in [-0.25, -0.2) is 4.39 Å². The Morgan fingerprint density at radius 3 is 2.63 bits per heavy atom. The van der Waals surface area contributed by atoms with Gasteiger partial charge in [0.15, 0.2) is 0 Å². The highest BCUT2D eigenvalue weighted by Gasteiger charge is 2.09. The van der Waals surface area contributed by atoms with Gasteiger partial charge in [0.25, 0.3) is 5.91 Å². The van der Waals surface area contributed by atoms with Crippen LogP contribution in [0.15, 0.2) is 36.4 Å². The van der Waals surface area contributed by atoms with E-state index < -0.39 is 11.7 Å². The molecule has 3 nitrogen and oxygen atoms in total. The fraction of sp³-hybridized carbons (Fsp3) is 0.0714. The molecule has 0 fully saturated rings. The van der Waals surface area contributed by atoms with Gasteiger partial charge in [-0.2, -0.15) is 0 Å². The Balaban J connectivity index is 2.20. The standard InChI is InChI=1S/C14H12ClFN2O/c1-8-2-3-9(6-12(8)16)14(19)18-10-4-5-11(15)13(17)7-10/h2-7H,17H2,1H3,(H,18,19). The normalized spacial score (nSPS) is 10.3. The van der Waals surface area contributed by atoms with Crippen molar-refractivity contribution in [3.8, 4) is 0 Å². The second kappa shape index (κ2) is 5.28. The molecule has 5 heteroatoms. The highest BCUT2D eigenvalue weighted by Crippen LogP contribution is 2.22. The number of aryl methyl sites for hydroxylation is 1. The molecule has 0 atom stereocenters. The molecule has 2 aromatic rings. The molecule has 1 amide bonds. The van der Waals surface area contributed by atoms with E-state index in [1.54, 1.807) is 37.3 Å². The first-order chi connectivity index (χ1) is 8.97. The maximum absolute atomic E-state index is 13.4. The molecule has 0 aliphatic heterocycles. The summed E-state index contributed by atoms with van der Waals surface area (Å²) in [6.07, 6.45) is 0. The lowest BCUT2D eigenvalue weighted by Crippen LogP contribution is -2.12. The molecule has 0 spiro atoms. The quantitative estimate of drug-likeness (QED) is 0.824. The largest absolute Gasteiger partial charge is 0.397 e. The molecule has 2 aromatic carbocycles. The number of nitrogens with two attached hydrogens (primary N) is 1. The van der Waals surface area contributed by atoms with E-state index in [0.717, 1.165) is 0 Å². The third-order valence-corrected chi connectivity index (χ3v) is 3.03. The molecule has 0 saturated heterocycles. The van der Waals surface area contributed by atoms with E-state index in [0.29, 0.717) is 22.0 Å². The predicted octanol–water partition coefficient (Wildman–Crippen LogP) is 3.62. The van der Waals surface area contributed by atoms with E-state index in [1.165, 1.54) is 6.07 Å². The van der Waals surface area contributed by atoms with Crippen molar-refractivity contribution in [2.75, 3.05) is 11.1 Å². The number of nitrogens with one attached hydrogen (secondary N) is 1. The molecule has 0 saturated carbocycles. The number of carbonyl (C=O) groups is 1. The van der Waals surface area contributed by atoms with E-state index in [1.807, 2.05) is 0 Å². The molecule has 19 heavy (non-hydrogen) atoms. The first-order valence-electron chi connectivity index (χ1n) is 5.60. The summed E-state index contributed by atoms with van der Waals surface area (Å²) < 4.78 is 13.4. The average Bonchev–Trinajstić information content (AvgIpc) is 2.37. The van der Waals surface area contributed by atoms with Gasteiger partial charge in [0.05, 0.1) is 10.7 Å². The Bertz CT molecular complexity index is 643. The van der Waals surface area contributed by atoms with E-state index in [9.17, 15) is 9.18 Å². The summed E-state index contributed by atoms with van der Waals surface area (Å²) in [4.78, 5) is 11.9. The number of hydrogen-bond donors (Lipinski definition) is 2. The van der Waals surface area contributed by atoms with Crippen molar-refractivity contribution < 1.29 is 9.18 Å². The number of hydrogen-bond acceptors (Lipinski definition) is 2. The lowest BCUT2D eigenvalue weighted by Gasteiger charge is -2.07. The van der Waals surface area contributed by atoms with Crippen molar-refractivity contribution in [1.29, 1.82) is 0 Å². The summed E-state index contributed by atoms with van der Waals surface area (Å²) in [5.74, 6) is -0.816. The zero-order valence-electron chi connectivity index (χ0n) is 10.2. The molecule has 3 N–H and O–H groups in total. The van der Waals surface area contributed by atoms with Crippen LogP contribution >= 0.6 is 11.6 Å². The van der Waals surface area contributed by atoms with Gasteiger partial charge in [-0.3, -0.25) is 4.79 Å². The summed E-state index contributed by atoms with van der Waals surface area (Å²) in [5, 5.41) is 3.04. The smallest absolute Gasteiger partial charge is 0.255 e. The zero-order valence-corrected chi connectivity index (χ0v) is 11.0. The number of amides is 1. The molecule has 0 aromatic heterocycles. The Kier molecular flexibility index (Phi) is 3.71. The van der Waals surface area contributed by atoms with Gasteiger partial charge in [0.2, 0.25) is 0 Å². The fourth-order valence-electron chi connectivity index (χ4n) is 1.56. The van der Waals surface area contributed by atoms with Gasteiger partial charge in [-0.1, -0.05) is 17.7 Å². The van der Waals surface area contributed by atoms with Gasteiger partial charge in [-0.05, 0) is 42.8 Å². The van der Waals surface area contributed by atoms with Crippen molar-refractivity contribution >= 4 is 28.9 Å². The molecule has 2 rings (SSSR count). The number of anilines is 2. The van der Waals surface area contributed by atoms with Crippen molar-refractivity contribution in [2.45, 2.75) is 6.92 Å². The number of carbonyl (C=O) groups excluding carboxylic acids is 1. The molecular weight excluding hydrogens is 267 g/mol. The summed E-state index contributed by atoms with van der Waals surface area (Å²) in [7, 11) is 0. The van der Waals surface area contributed by atoms with Gasteiger partial charge in [0.1, 0.15) is 5.82 Å². The molecular formula is C14H12ClFN2O. The lowest BCUT2D eigenvalue weighted by molar-refractivity contribution is 0.102. The van der Waals surface area contributed by atoms with Crippen molar-refractivity contribution in [3.05, 3.63) is 58.4 Å². The molecule has 0 heterocycles. The lowest BCUT2D eigenvalue weighted by atomic mass is 10.1. The highest BCUT2D eigenvalue weighted by molar-refractivity contribution is 6.33.